The van der Waals surface area contributed by atoms with Crippen LogP contribution in [0.5, 0.6) is 0 Å². The molecule has 0 saturated carbocycles. The van der Waals surface area contributed by atoms with Gasteiger partial charge >= 0.3 is 11.9 Å². The predicted octanol–water partition coefficient (Wildman–Crippen LogP) is 5.77. The Morgan fingerprint density at radius 3 is 2.42 bits per heavy atom. The summed E-state index contributed by atoms with van der Waals surface area (Å²) in [4.78, 5) is 31.5. The van der Waals surface area contributed by atoms with Crippen LogP contribution in [0.25, 0.3) is 5.69 Å². The van der Waals surface area contributed by atoms with Crippen molar-refractivity contribution in [3.05, 3.63) is 115 Å². The summed E-state index contributed by atoms with van der Waals surface area (Å²) in [5.41, 5.74) is 3.40. The Morgan fingerprint density at radius 2 is 1.71 bits per heavy atom. The van der Waals surface area contributed by atoms with E-state index < -0.39 is 18.2 Å². The zero-order valence-electron chi connectivity index (χ0n) is 24.1. The lowest BCUT2D eigenvalue weighted by Crippen LogP contribution is -2.49. The van der Waals surface area contributed by atoms with Crippen LogP contribution in [0, 0.1) is 0 Å². The Morgan fingerprint density at radius 1 is 0.978 bits per heavy atom. The van der Waals surface area contributed by atoms with Gasteiger partial charge in [-0.05, 0) is 63.5 Å². The topological polar surface area (TPSA) is 71.7 Å². The number of halogens is 5. The van der Waals surface area contributed by atoms with Crippen molar-refractivity contribution in [3.63, 3.8) is 0 Å². The molecular formula is C32H30BrClF3N5O3. The number of rotatable bonds is 7. The predicted molar refractivity (Wildman–Crippen MR) is 169 cm³/mol. The summed E-state index contributed by atoms with van der Waals surface area (Å²) < 4.78 is 48.7. The molecule has 13 heteroatoms. The summed E-state index contributed by atoms with van der Waals surface area (Å²) in [6.45, 7) is 2.11. The largest absolute Gasteiger partial charge is 0.416 e. The lowest BCUT2D eigenvalue weighted by molar-refractivity contribution is -0.221. The molecular weight excluding hydrogens is 675 g/mol. The van der Waals surface area contributed by atoms with Gasteiger partial charge in [0.2, 0.25) is 0 Å². The number of amides is 1. The van der Waals surface area contributed by atoms with Crippen LogP contribution in [0.2, 0.25) is 5.02 Å². The summed E-state index contributed by atoms with van der Waals surface area (Å²) >= 11 is 9.74. The minimum atomic E-state index is -4.46. The lowest BCUT2D eigenvalue weighted by atomic mass is 10.1. The number of ether oxygens (including phenoxy) is 1. The van der Waals surface area contributed by atoms with E-state index in [9.17, 15) is 22.8 Å². The van der Waals surface area contributed by atoms with Crippen molar-refractivity contribution in [2.75, 3.05) is 31.1 Å². The zero-order chi connectivity index (χ0) is 31.7. The average molecular weight is 705 g/mol. The Bertz CT molecular complexity index is 1740. The number of anilines is 1. The smallest absolute Gasteiger partial charge is 0.366 e. The number of hydrogen-bond donors (Lipinski definition) is 1. The number of carbonyl (C=O) groups excluding carboxylic acids is 1. The van der Waals surface area contributed by atoms with Gasteiger partial charge in [0.05, 0.1) is 29.6 Å². The zero-order valence-corrected chi connectivity index (χ0v) is 26.4. The molecule has 1 aromatic heterocycles. The minimum Gasteiger partial charge on any atom is -0.366 e. The average Bonchev–Trinajstić information content (AvgIpc) is 3.33. The number of morpholine rings is 1. The molecule has 3 heterocycles. The molecule has 1 unspecified atom stereocenters. The quantitative estimate of drug-likeness (QED) is 0.265. The molecule has 1 amide bonds. The molecule has 6 rings (SSSR count). The third-order valence-electron chi connectivity index (χ3n) is 8.06. The highest BCUT2D eigenvalue weighted by atomic mass is 79.9. The van der Waals surface area contributed by atoms with Crippen LogP contribution in [-0.2, 0) is 30.9 Å². The summed E-state index contributed by atoms with van der Waals surface area (Å²) in [6.07, 6.45) is -6.33. The van der Waals surface area contributed by atoms with Gasteiger partial charge < -0.3 is 15.0 Å². The number of fused-ring (bicyclic) bond motifs is 1. The molecule has 236 valence electrons. The van der Waals surface area contributed by atoms with Gasteiger partial charge in [-0.1, -0.05) is 48.0 Å². The van der Waals surface area contributed by atoms with Crippen LogP contribution in [0.3, 0.4) is 0 Å². The Kier molecular flexibility index (Phi) is 9.10. The SMILES string of the molecule is O=C(NCc1ccccc1)c1c2n(c(=O)n1-c1ccc(N3CCOC(C(F)(F)F)C3)cc1)CCN(Cc1ccc(Br)c(Cl)c1)C2. The molecule has 3 aromatic carbocycles. The van der Waals surface area contributed by atoms with Gasteiger partial charge in [-0.2, -0.15) is 13.2 Å². The van der Waals surface area contributed by atoms with E-state index in [-0.39, 0.29) is 31.1 Å². The number of hydrogen-bond acceptors (Lipinski definition) is 5. The lowest BCUT2D eigenvalue weighted by Gasteiger charge is -2.35. The fourth-order valence-electron chi connectivity index (χ4n) is 5.77. The van der Waals surface area contributed by atoms with Crippen molar-refractivity contribution in [2.24, 2.45) is 0 Å². The van der Waals surface area contributed by atoms with Crippen LogP contribution in [0.1, 0.15) is 27.3 Å². The third-order valence-corrected chi connectivity index (χ3v) is 9.30. The van der Waals surface area contributed by atoms with Crippen molar-refractivity contribution in [2.45, 2.75) is 38.5 Å². The number of nitrogens with one attached hydrogen (secondary N) is 1. The summed E-state index contributed by atoms with van der Waals surface area (Å²) in [5, 5.41) is 3.57. The molecule has 0 spiro atoms. The number of alkyl halides is 3. The third kappa shape index (κ3) is 6.84. The first-order valence-electron chi connectivity index (χ1n) is 14.4. The molecule has 0 bridgehead atoms. The van der Waals surface area contributed by atoms with E-state index in [1.165, 1.54) is 4.57 Å². The first kappa shape index (κ1) is 31.4. The van der Waals surface area contributed by atoms with Gasteiger partial charge in [0, 0.05) is 49.4 Å². The van der Waals surface area contributed by atoms with Gasteiger partial charge in [-0.25, -0.2) is 4.79 Å². The van der Waals surface area contributed by atoms with E-state index in [1.807, 2.05) is 48.5 Å². The van der Waals surface area contributed by atoms with E-state index in [0.29, 0.717) is 54.8 Å². The maximum atomic E-state index is 13.9. The summed E-state index contributed by atoms with van der Waals surface area (Å²) in [6, 6.07) is 21.9. The fourth-order valence-corrected chi connectivity index (χ4v) is 6.22. The van der Waals surface area contributed by atoms with Crippen molar-refractivity contribution in [3.8, 4) is 5.69 Å². The van der Waals surface area contributed by atoms with Gasteiger partial charge in [0.15, 0.2) is 6.10 Å². The number of carbonyl (C=O) groups is 1. The van der Waals surface area contributed by atoms with E-state index in [4.69, 9.17) is 16.3 Å². The highest BCUT2D eigenvalue weighted by Crippen LogP contribution is 2.30. The molecule has 2 aliphatic rings. The molecule has 8 nitrogen and oxygen atoms in total. The second-order valence-corrected chi connectivity index (χ2v) is 12.3. The molecule has 1 saturated heterocycles. The summed E-state index contributed by atoms with van der Waals surface area (Å²) in [5.74, 6) is -0.400. The monoisotopic (exact) mass is 703 g/mol. The maximum absolute atomic E-state index is 13.9. The number of aromatic nitrogens is 2. The number of benzene rings is 3. The molecule has 2 aliphatic heterocycles. The van der Waals surface area contributed by atoms with E-state index in [1.54, 1.807) is 33.7 Å². The van der Waals surface area contributed by atoms with Crippen molar-refractivity contribution >= 4 is 39.1 Å². The second kappa shape index (κ2) is 13.0. The molecule has 1 N–H and O–H groups in total. The van der Waals surface area contributed by atoms with Crippen molar-refractivity contribution < 1.29 is 22.7 Å². The Hall–Kier alpha value is -3.58. The van der Waals surface area contributed by atoms with E-state index >= 15 is 0 Å². The first-order chi connectivity index (χ1) is 21.6. The standard InChI is InChI=1S/C32H30BrClF3N5O3/c33-25-11-6-22(16-26(25)34)18-39-12-13-41-27(19-39)29(30(43)38-17-21-4-2-1-3-5-21)42(31(41)44)24-9-7-23(8-10-24)40-14-15-45-28(20-40)32(35,36)37/h1-11,16,28H,12-15,17-20H2,(H,38,43). The fraction of sp³-hybridized carbons (Fsp3) is 0.312. The number of imidazole rings is 1. The highest BCUT2D eigenvalue weighted by molar-refractivity contribution is 9.10. The Labute approximate surface area is 271 Å². The van der Waals surface area contributed by atoms with Crippen LogP contribution in [0.15, 0.2) is 82.1 Å². The van der Waals surface area contributed by atoms with Crippen LogP contribution in [-0.4, -0.2) is 58.5 Å². The molecule has 0 radical (unpaired) electrons. The Balaban J connectivity index is 1.32. The first-order valence-corrected chi connectivity index (χ1v) is 15.6. The molecule has 0 aliphatic carbocycles. The van der Waals surface area contributed by atoms with Gasteiger partial charge in [0.1, 0.15) is 5.69 Å². The molecule has 1 atom stereocenters. The molecule has 4 aromatic rings. The van der Waals surface area contributed by atoms with Gasteiger partial charge in [-0.3, -0.25) is 18.8 Å². The number of nitrogens with zero attached hydrogens (tertiary/aromatic N) is 4. The van der Waals surface area contributed by atoms with Crippen LogP contribution in [0.4, 0.5) is 18.9 Å². The highest BCUT2D eigenvalue weighted by Gasteiger charge is 2.43. The van der Waals surface area contributed by atoms with E-state index in [2.05, 4.69) is 26.1 Å². The van der Waals surface area contributed by atoms with Crippen molar-refractivity contribution in [1.29, 1.82) is 0 Å². The van der Waals surface area contributed by atoms with E-state index in [0.717, 1.165) is 15.6 Å². The molecule has 1 fully saturated rings. The van der Waals surface area contributed by atoms with Gasteiger partial charge in [0.25, 0.3) is 5.91 Å². The second-order valence-electron chi connectivity index (χ2n) is 11.1. The maximum Gasteiger partial charge on any atom is 0.416 e. The normalized spacial score (nSPS) is 17.3. The van der Waals surface area contributed by atoms with Crippen LogP contribution >= 0.6 is 27.5 Å². The summed E-state index contributed by atoms with van der Waals surface area (Å²) in [7, 11) is 0. The van der Waals surface area contributed by atoms with Crippen molar-refractivity contribution in [1.82, 2.24) is 19.4 Å². The van der Waals surface area contributed by atoms with Crippen LogP contribution < -0.4 is 15.9 Å². The minimum absolute atomic E-state index is 0.0493. The van der Waals surface area contributed by atoms with Gasteiger partial charge in [-0.15, -0.1) is 0 Å². The molecule has 45 heavy (non-hydrogen) atoms.